The van der Waals surface area contributed by atoms with Crippen molar-refractivity contribution in [3.63, 3.8) is 0 Å². The van der Waals surface area contributed by atoms with Crippen LogP contribution in [0.4, 0.5) is 11.1 Å². The number of nitrogens with two attached hydrogens (primary N) is 2. The summed E-state index contributed by atoms with van der Waals surface area (Å²) < 4.78 is 0. The fourth-order valence-electron chi connectivity index (χ4n) is 1.33. The second kappa shape index (κ2) is 5.50. The van der Waals surface area contributed by atoms with Crippen molar-refractivity contribution in [3.8, 4) is 11.4 Å². The quantitative estimate of drug-likeness (QED) is 0.479. The predicted octanol–water partition coefficient (Wildman–Crippen LogP) is 1.26. The van der Waals surface area contributed by atoms with Gasteiger partial charge in [0.15, 0.2) is 5.96 Å². The lowest BCUT2D eigenvalue weighted by molar-refractivity contribution is 0.962. The Bertz CT molecular complexity index is 538. The summed E-state index contributed by atoms with van der Waals surface area (Å²) >= 11 is 1.37. The summed E-state index contributed by atoms with van der Waals surface area (Å²) in [6.07, 6.45) is 2.77. The van der Waals surface area contributed by atoms with E-state index >= 15 is 0 Å². The van der Waals surface area contributed by atoms with Crippen LogP contribution in [0.1, 0.15) is 13.3 Å². The van der Waals surface area contributed by atoms with Gasteiger partial charge in [-0.1, -0.05) is 6.92 Å². The van der Waals surface area contributed by atoms with Crippen molar-refractivity contribution in [2.45, 2.75) is 13.3 Å². The zero-order valence-electron chi connectivity index (χ0n) is 9.97. The van der Waals surface area contributed by atoms with E-state index in [9.17, 15) is 0 Å². The molecule has 0 aliphatic heterocycles. The highest BCUT2D eigenvalue weighted by Crippen LogP contribution is 2.25. The summed E-state index contributed by atoms with van der Waals surface area (Å²) in [7, 11) is 0. The first-order chi connectivity index (χ1) is 8.69. The molecule has 0 aliphatic carbocycles. The molecule has 0 aliphatic rings. The third-order valence-corrected chi connectivity index (χ3v) is 2.85. The summed E-state index contributed by atoms with van der Waals surface area (Å²) in [5.74, 6) is 0.744. The van der Waals surface area contributed by atoms with Crippen LogP contribution in [0.25, 0.3) is 11.4 Å². The summed E-state index contributed by atoms with van der Waals surface area (Å²) in [5.41, 5.74) is 12.2. The number of imidazole rings is 1. The Balaban J connectivity index is 2.13. The molecule has 2 aromatic heterocycles. The van der Waals surface area contributed by atoms with Gasteiger partial charge in [-0.25, -0.2) is 9.97 Å². The largest absolute Gasteiger partial charge is 0.370 e. The maximum atomic E-state index is 5.30. The monoisotopic (exact) mass is 265 g/mol. The molecule has 2 rings (SSSR count). The van der Waals surface area contributed by atoms with Crippen molar-refractivity contribution in [1.82, 2.24) is 15.0 Å². The first kappa shape index (κ1) is 12.4. The number of H-pyrrole nitrogens is 1. The number of rotatable bonds is 5. The van der Waals surface area contributed by atoms with E-state index in [0.29, 0.717) is 5.13 Å². The molecular formula is C10H15N7S. The van der Waals surface area contributed by atoms with Gasteiger partial charge < -0.3 is 21.8 Å². The van der Waals surface area contributed by atoms with Gasteiger partial charge in [0, 0.05) is 11.9 Å². The van der Waals surface area contributed by atoms with Crippen LogP contribution < -0.4 is 16.8 Å². The van der Waals surface area contributed by atoms with E-state index < -0.39 is 0 Å². The Morgan fingerprint density at radius 2 is 2.39 bits per heavy atom. The Morgan fingerprint density at radius 1 is 1.56 bits per heavy atom. The third-order valence-electron chi connectivity index (χ3n) is 2.11. The van der Waals surface area contributed by atoms with Gasteiger partial charge in [-0.15, -0.1) is 11.3 Å². The molecule has 8 heteroatoms. The Labute approximate surface area is 108 Å². The minimum Gasteiger partial charge on any atom is -0.370 e. The molecule has 2 heterocycles. The van der Waals surface area contributed by atoms with Gasteiger partial charge in [0.25, 0.3) is 0 Å². The molecule has 0 aromatic carbocycles. The zero-order chi connectivity index (χ0) is 13.0. The highest BCUT2D eigenvalue weighted by Gasteiger charge is 2.07. The van der Waals surface area contributed by atoms with E-state index in [4.69, 9.17) is 11.5 Å². The Hall–Kier alpha value is -2.09. The van der Waals surface area contributed by atoms with Gasteiger partial charge in [-0.2, -0.15) is 4.99 Å². The molecule has 96 valence electrons. The number of thiazole rings is 1. The summed E-state index contributed by atoms with van der Waals surface area (Å²) in [6.45, 7) is 2.97. The van der Waals surface area contributed by atoms with E-state index in [1.54, 1.807) is 6.20 Å². The number of aromatic amines is 1. The maximum absolute atomic E-state index is 5.30. The van der Waals surface area contributed by atoms with Gasteiger partial charge in [0.05, 0.1) is 11.9 Å². The van der Waals surface area contributed by atoms with Crippen molar-refractivity contribution in [2.24, 2.45) is 16.5 Å². The summed E-state index contributed by atoms with van der Waals surface area (Å²) in [6, 6.07) is 0. The van der Waals surface area contributed by atoms with Crippen molar-refractivity contribution in [2.75, 3.05) is 11.9 Å². The molecule has 0 radical (unpaired) electrons. The number of aliphatic imine (C=N–C) groups is 1. The number of nitrogens with zero attached hydrogens (tertiary/aromatic N) is 3. The molecule has 0 spiro atoms. The fourth-order valence-corrected chi connectivity index (χ4v) is 2.04. The number of nitrogens with one attached hydrogen (secondary N) is 2. The first-order valence-electron chi connectivity index (χ1n) is 5.53. The van der Waals surface area contributed by atoms with Crippen LogP contribution in [0.5, 0.6) is 0 Å². The first-order valence-corrected chi connectivity index (χ1v) is 6.41. The van der Waals surface area contributed by atoms with Gasteiger partial charge in [-0.05, 0) is 6.42 Å². The predicted molar refractivity (Wildman–Crippen MR) is 73.9 cm³/mol. The second-order valence-corrected chi connectivity index (χ2v) is 4.46. The van der Waals surface area contributed by atoms with E-state index in [1.165, 1.54) is 11.3 Å². The Morgan fingerprint density at radius 3 is 3.11 bits per heavy atom. The molecule has 2 aromatic rings. The molecule has 6 N–H and O–H groups in total. The number of hydrogen-bond acceptors (Lipinski definition) is 5. The average molecular weight is 265 g/mol. The standard InChI is InChI=1S/C10H15N7S/c1-2-3-13-9-14-4-6(15-9)7-5-18-10(16-7)17-8(11)12/h4-5H,2-3H2,1H3,(H2,13,14,15)(H4,11,12,16,17). The molecule has 0 saturated carbocycles. The summed E-state index contributed by atoms with van der Waals surface area (Å²) in [4.78, 5) is 15.5. The SMILES string of the molecule is CCCNc1ncc(-c2csc(N=C(N)N)n2)[nH]1. The molecule has 18 heavy (non-hydrogen) atoms. The lowest BCUT2D eigenvalue weighted by atomic mass is 10.4. The van der Waals surface area contributed by atoms with Crippen LogP contribution >= 0.6 is 11.3 Å². The van der Waals surface area contributed by atoms with Crippen molar-refractivity contribution in [1.29, 1.82) is 0 Å². The molecule has 0 atom stereocenters. The van der Waals surface area contributed by atoms with E-state index in [0.717, 1.165) is 30.3 Å². The molecule has 7 nitrogen and oxygen atoms in total. The fraction of sp³-hybridized carbons (Fsp3) is 0.300. The van der Waals surface area contributed by atoms with Gasteiger partial charge in [0.2, 0.25) is 11.1 Å². The number of aromatic nitrogens is 3. The lowest BCUT2D eigenvalue weighted by Gasteiger charge is -1.97. The Kier molecular flexibility index (Phi) is 3.78. The normalized spacial score (nSPS) is 10.3. The zero-order valence-corrected chi connectivity index (χ0v) is 10.8. The second-order valence-electron chi connectivity index (χ2n) is 3.62. The topological polar surface area (TPSA) is 118 Å². The van der Waals surface area contributed by atoms with Crippen LogP contribution in [0.2, 0.25) is 0 Å². The van der Waals surface area contributed by atoms with Gasteiger partial charge in [0.1, 0.15) is 5.69 Å². The van der Waals surface area contributed by atoms with Crippen molar-refractivity contribution < 1.29 is 0 Å². The number of hydrogen-bond donors (Lipinski definition) is 4. The highest BCUT2D eigenvalue weighted by atomic mass is 32.1. The summed E-state index contributed by atoms with van der Waals surface area (Å²) in [5, 5.41) is 5.57. The molecule has 0 amide bonds. The van der Waals surface area contributed by atoms with Crippen LogP contribution in [0.3, 0.4) is 0 Å². The van der Waals surface area contributed by atoms with Crippen LogP contribution in [-0.2, 0) is 0 Å². The minimum absolute atomic E-state index is 0.00538. The highest BCUT2D eigenvalue weighted by molar-refractivity contribution is 7.13. The van der Waals surface area contributed by atoms with Gasteiger partial charge in [-0.3, -0.25) is 0 Å². The van der Waals surface area contributed by atoms with E-state index in [-0.39, 0.29) is 5.96 Å². The van der Waals surface area contributed by atoms with E-state index in [2.05, 4.69) is 32.2 Å². The lowest BCUT2D eigenvalue weighted by Crippen LogP contribution is -2.21. The molecular weight excluding hydrogens is 250 g/mol. The maximum Gasteiger partial charge on any atom is 0.212 e. The number of anilines is 1. The number of guanidine groups is 1. The molecule has 0 fully saturated rings. The molecule has 0 unspecified atom stereocenters. The van der Waals surface area contributed by atoms with Crippen LogP contribution in [-0.4, -0.2) is 27.5 Å². The van der Waals surface area contributed by atoms with Crippen LogP contribution in [0, 0.1) is 0 Å². The average Bonchev–Trinajstić information content (AvgIpc) is 2.94. The van der Waals surface area contributed by atoms with Crippen molar-refractivity contribution >= 4 is 28.4 Å². The van der Waals surface area contributed by atoms with E-state index in [1.807, 2.05) is 5.38 Å². The van der Waals surface area contributed by atoms with Crippen molar-refractivity contribution in [3.05, 3.63) is 11.6 Å². The molecule has 0 saturated heterocycles. The van der Waals surface area contributed by atoms with Gasteiger partial charge >= 0.3 is 0 Å². The smallest absolute Gasteiger partial charge is 0.212 e. The molecule has 0 bridgehead atoms. The third kappa shape index (κ3) is 2.98. The van der Waals surface area contributed by atoms with Crippen LogP contribution in [0.15, 0.2) is 16.6 Å². The minimum atomic E-state index is 0.00538.